The third-order valence-electron chi connectivity index (χ3n) is 3.74. The molecule has 1 amide bonds. The van der Waals surface area contributed by atoms with Crippen molar-refractivity contribution >= 4 is 11.9 Å². The zero-order valence-corrected chi connectivity index (χ0v) is 15.6. The molecule has 6 nitrogen and oxygen atoms in total. The zero-order chi connectivity index (χ0) is 18.2. The van der Waals surface area contributed by atoms with Crippen LogP contribution in [-0.4, -0.2) is 36.0 Å². The van der Waals surface area contributed by atoms with E-state index in [1.807, 2.05) is 0 Å². The van der Waals surface area contributed by atoms with Crippen LogP contribution in [0.15, 0.2) is 0 Å². The molecule has 142 valence electrons. The summed E-state index contributed by atoms with van der Waals surface area (Å²) in [6.45, 7) is 5.26. The summed E-state index contributed by atoms with van der Waals surface area (Å²) in [7, 11) is 0. The lowest BCUT2D eigenvalue weighted by molar-refractivity contribution is -0.149. The van der Waals surface area contributed by atoms with E-state index in [1.165, 1.54) is 45.4 Å². The first-order chi connectivity index (χ1) is 11.5. The Kier molecular flexibility index (Phi) is 14.7. The smallest absolute Gasteiger partial charge is 0.304 e. The lowest BCUT2D eigenvalue weighted by atomic mass is 10.1. The van der Waals surface area contributed by atoms with Gasteiger partial charge in [-0.15, -0.1) is 0 Å². The summed E-state index contributed by atoms with van der Waals surface area (Å²) < 4.78 is 5.02. The number of nitrogens with one attached hydrogen (secondary N) is 2. The van der Waals surface area contributed by atoms with Crippen molar-refractivity contribution in [3.63, 3.8) is 0 Å². The number of aliphatic hydroxyl groups is 1. The highest BCUT2D eigenvalue weighted by atomic mass is 16.6. The number of amides is 1. The lowest BCUT2D eigenvalue weighted by Gasteiger charge is -2.20. The van der Waals surface area contributed by atoms with Gasteiger partial charge in [-0.1, -0.05) is 58.3 Å². The molecule has 0 spiro atoms. The Bertz CT molecular complexity index is 335. The summed E-state index contributed by atoms with van der Waals surface area (Å²) in [4.78, 5) is 22.9. The number of ether oxygens (including phenoxy) is 1. The van der Waals surface area contributed by atoms with E-state index in [4.69, 9.17) is 4.74 Å². The zero-order valence-electron chi connectivity index (χ0n) is 15.6. The lowest BCUT2D eigenvalue weighted by Crippen LogP contribution is -2.46. The third kappa shape index (κ3) is 15.7. The molecular formula is C18H36N2O4. The average molecular weight is 344 g/mol. The van der Waals surface area contributed by atoms with Gasteiger partial charge in [0.25, 0.3) is 0 Å². The number of hydrogen-bond acceptors (Lipinski definition) is 5. The molecule has 0 aliphatic carbocycles. The minimum absolute atomic E-state index is 0.128. The first-order valence-corrected chi connectivity index (χ1v) is 9.33. The monoisotopic (exact) mass is 344 g/mol. The van der Waals surface area contributed by atoms with Gasteiger partial charge in [-0.3, -0.25) is 14.9 Å². The van der Waals surface area contributed by atoms with E-state index in [9.17, 15) is 14.7 Å². The van der Waals surface area contributed by atoms with Crippen LogP contribution in [0, 0.1) is 0 Å². The molecular weight excluding hydrogens is 308 g/mol. The summed E-state index contributed by atoms with van der Waals surface area (Å²) in [5.74, 6) is -0.590. The van der Waals surface area contributed by atoms with Gasteiger partial charge < -0.3 is 15.2 Å². The van der Waals surface area contributed by atoms with Gasteiger partial charge in [0.15, 0.2) is 6.23 Å². The Morgan fingerprint density at radius 2 is 1.54 bits per heavy atom. The van der Waals surface area contributed by atoms with E-state index >= 15 is 0 Å². The van der Waals surface area contributed by atoms with E-state index in [-0.39, 0.29) is 12.5 Å². The minimum atomic E-state index is -0.747. The van der Waals surface area contributed by atoms with Gasteiger partial charge in [-0.2, -0.15) is 0 Å². The van der Waals surface area contributed by atoms with E-state index < -0.39 is 18.4 Å². The number of hydrogen-bond donors (Lipinski definition) is 3. The van der Waals surface area contributed by atoms with Crippen LogP contribution in [0.25, 0.3) is 0 Å². The van der Waals surface area contributed by atoms with Gasteiger partial charge >= 0.3 is 5.97 Å². The summed E-state index contributed by atoms with van der Waals surface area (Å²) in [5, 5.41) is 14.6. The van der Waals surface area contributed by atoms with Gasteiger partial charge in [-0.25, -0.2) is 0 Å². The first-order valence-electron chi connectivity index (χ1n) is 9.33. The second-order valence-electron chi connectivity index (χ2n) is 6.33. The molecule has 0 rings (SSSR count). The molecule has 0 aliphatic heterocycles. The molecule has 2 atom stereocenters. The highest BCUT2D eigenvalue weighted by molar-refractivity contribution is 5.76. The van der Waals surface area contributed by atoms with Gasteiger partial charge in [0.05, 0.1) is 6.54 Å². The molecule has 0 heterocycles. The molecule has 2 unspecified atom stereocenters. The Morgan fingerprint density at radius 3 is 2.04 bits per heavy atom. The second kappa shape index (κ2) is 15.4. The highest BCUT2D eigenvalue weighted by Crippen LogP contribution is 2.10. The molecule has 0 saturated heterocycles. The fraction of sp³-hybridized carbons (Fsp3) is 0.889. The maximum Gasteiger partial charge on any atom is 0.304 e. The van der Waals surface area contributed by atoms with E-state index in [1.54, 1.807) is 6.92 Å². The largest absolute Gasteiger partial charge is 0.440 e. The summed E-state index contributed by atoms with van der Waals surface area (Å²) in [5.41, 5.74) is 0. The van der Waals surface area contributed by atoms with Gasteiger partial charge in [-0.05, 0) is 13.3 Å². The van der Waals surface area contributed by atoms with Crippen LogP contribution >= 0.6 is 0 Å². The van der Waals surface area contributed by atoms with Crippen molar-refractivity contribution in [2.24, 2.45) is 0 Å². The van der Waals surface area contributed by atoms with Crippen LogP contribution in [0.1, 0.15) is 85.0 Å². The van der Waals surface area contributed by atoms with Crippen LogP contribution in [0.4, 0.5) is 0 Å². The summed E-state index contributed by atoms with van der Waals surface area (Å²) in [6.07, 6.45) is 9.78. The van der Waals surface area contributed by atoms with E-state index in [0.717, 1.165) is 19.3 Å². The van der Waals surface area contributed by atoms with Crippen molar-refractivity contribution in [1.29, 1.82) is 0 Å². The highest BCUT2D eigenvalue weighted by Gasteiger charge is 2.15. The van der Waals surface area contributed by atoms with E-state index in [0.29, 0.717) is 6.42 Å². The Labute approximate surface area is 146 Å². The number of carbonyl (C=O) groups excluding carboxylic acids is 2. The van der Waals surface area contributed by atoms with E-state index in [2.05, 4.69) is 17.6 Å². The predicted octanol–water partition coefficient (Wildman–Crippen LogP) is 2.84. The normalized spacial score (nSPS) is 13.3. The van der Waals surface area contributed by atoms with Crippen LogP contribution in [0.5, 0.6) is 0 Å². The van der Waals surface area contributed by atoms with Gasteiger partial charge in [0, 0.05) is 13.3 Å². The maximum atomic E-state index is 11.9. The van der Waals surface area contributed by atoms with Gasteiger partial charge in [0.1, 0.15) is 6.23 Å². The topological polar surface area (TPSA) is 87.7 Å². The van der Waals surface area contributed by atoms with Crippen molar-refractivity contribution in [3.8, 4) is 0 Å². The molecule has 0 bridgehead atoms. The molecule has 0 fully saturated rings. The first kappa shape index (κ1) is 22.9. The van der Waals surface area contributed by atoms with Crippen molar-refractivity contribution in [1.82, 2.24) is 10.6 Å². The molecule has 0 saturated carbocycles. The third-order valence-corrected chi connectivity index (χ3v) is 3.74. The van der Waals surface area contributed by atoms with Crippen LogP contribution in [-0.2, 0) is 14.3 Å². The van der Waals surface area contributed by atoms with Crippen LogP contribution in [0.3, 0.4) is 0 Å². The molecule has 6 heteroatoms. The predicted molar refractivity (Wildman–Crippen MR) is 95.2 cm³/mol. The van der Waals surface area contributed by atoms with Crippen molar-refractivity contribution in [2.45, 2.75) is 97.4 Å². The molecule has 24 heavy (non-hydrogen) atoms. The SMILES string of the molecule is CCCCCCCCCCCC(=O)NC(CNC(C)O)OC(C)=O. The van der Waals surface area contributed by atoms with Crippen molar-refractivity contribution in [2.75, 3.05) is 6.54 Å². The van der Waals surface area contributed by atoms with Crippen molar-refractivity contribution < 1.29 is 19.4 Å². The number of carbonyl (C=O) groups is 2. The quantitative estimate of drug-likeness (QED) is 0.241. The molecule has 0 aromatic carbocycles. The van der Waals surface area contributed by atoms with Crippen LogP contribution < -0.4 is 10.6 Å². The Hall–Kier alpha value is -1.14. The Morgan fingerprint density at radius 1 is 1.00 bits per heavy atom. The summed E-state index contributed by atoms with van der Waals surface area (Å²) in [6, 6.07) is 0. The Balaban J connectivity index is 3.74. The fourth-order valence-electron chi connectivity index (χ4n) is 2.45. The molecule has 0 aromatic heterocycles. The molecule has 0 radical (unpaired) electrons. The second-order valence-corrected chi connectivity index (χ2v) is 6.33. The molecule has 3 N–H and O–H groups in total. The standard InChI is InChI=1S/C18H36N2O4/c1-4-5-6-7-8-9-10-11-12-13-17(23)20-18(24-16(3)22)14-19-15(2)21/h15,18-19,21H,4-14H2,1-3H3,(H,20,23). The molecule has 0 aromatic rings. The van der Waals surface area contributed by atoms with Crippen LogP contribution in [0.2, 0.25) is 0 Å². The fourth-order valence-corrected chi connectivity index (χ4v) is 2.45. The average Bonchev–Trinajstić information content (AvgIpc) is 2.50. The number of esters is 1. The maximum absolute atomic E-state index is 11.9. The van der Waals surface area contributed by atoms with Gasteiger partial charge in [0.2, 0.25) is 5.91 Å². The molecule has 0 aliphatic rings. The number of aliphatic hydroxyl groups excluding tert-OH is 1. The minimum Gasteiger partial charge on any atom is -0.440 e. The number of unbranched alkanes of at least 4 members (excludes halogenated alkanes) is 8. The van der Waals surface area contributed by atoms with Crippen molar-refractivity contribution in [3.05, 3.63) is 0 Å². The number of rotatable bonds is 15. The summed E-state index contributed by atoms with van der Waals surface area (Å²) >= 11 is 0.